The molecule has 1 fully saturated rings. The summed E-state index contributed by atoms with van der Waals surface area (Å²) >= 11 is 5.67. The van der Waals surface area contributed by atoms with Gasteiger partial charge in [0, 0.05) is 12.0 Å². The molecule has 0 spiro atoms. The van der Waals surface area contributed by atoms with Gasteiger partial charge in [0.1, 0.15) is 24.1 Å². The lowest BCUT2D eigenvalue weighted by molar-refractivity contribution is -0.216. The number of esters is 1. The van der Waals surface area contributed by atoms with Crippen LogP contribution in [-0.4, -0.2) is 66.9 Å². The van der Waals surface area contributed by atoms with Gasteiger partial charge in [-0.25, -0.2) is 15.0 Å². The third kappa shape index (κ3) is 3.87. The summed E-state index contributed by atoms with van der Waals surface area (Å²) in [6, 6.07) is 0. The lowest BCUT2D eigenvalue weighted by atomic mass is 10.1. The summed E-state index contributed by atoms with van der Waals surface area (Å²) in [5.74, 6) is -0.507. The molecule has 1 aliphatic heterocycles. The molecule has 2 aromatic rings. The van der Waals surface area contributed by atoms with Crippen LogP contribution in [0, 0.1) is 0 Å². The largest absolute Gasteiger partial charge is 0.433 e. The highest BCUT2D eigenvalue weighted by Gasteiger charge is 2.49. The second-order valence-corrected chi connectivity index (χ2v) is 6.40. The Bertz CT molecular complexity index is 860. The van der Waals surface area contributed by atoms with Crippen molar-refractivity contribution in [2.45, 2.75) is 37.8 Å². The number of halogens is 1. The lowest BCUT2D eigenvalue weighted by Crippen LogP contribution is -2.42. The van der Waals surface area contributed by atoms with Gasteiger partial charge < -0.3 is 30.2 Å². The number of imidazole rings is 1. The van der Waals surface area contributed by atoms with E-state index in [1.54, 1.807) is 0 Å². The van der Waals surface area contributed by atoms with Gasteiger partial charge in [0.05, 0.1) is 12.9 Å². The van der Waals surface area contributed by atoms with Gasteiger partial charge in [0.25, 0.3) is 0 Å². The number of anilines is 1. The highest BCUT2D eigenvalue weighted by atomic mass is 35.5. The number of rotatable bonds is 6. The number of hydrogen-bond acceptors (Lipinski definition) is 10. The fourth-order valence-corrected chi connectivity index (χ4v) is 2.79. The Morgan fingerprint density at radius 3 is 2.85 bits per heavy atom. The van der Waals surface area contributed by atoms with Gasteiger partial charge in [0.2, 0.25) is 6.29 Å². The Kier molecular flexibility index (Phi) is 5.58. The fraction of sp³-hybridized carbons (Fsp3) is 0.467. The average Bonchev–Trinajstić information content (AvgIpc) is 3.15. The predicted octanol–water partition coefficient (Wildman–Crippen LogP) is -0.314. The Balaban J connectivity index is 1.88. The lowest BCUT2D eigenvalue weighted by Gasteiger charge is -2.25. The van der Waals surface area contributed by atoms with Crippen molar-refractivity contribution in [1.82, 2.24) is 19.5 Å². The molecule has 0 amide bonds. The van der Waals surface area contributed by atoms with Crippen molar-refractivity contribution in [1.29, 1.82) is 0 Å². The van der Waals surface area contributed by atoms with Crippen molar-refractivity contribution >= 4 is 34.6 Å². The van der Waals surface area contributed by atoms with Crippen LogP contribution in [0.5, 0.6) is 0 Å². The summed E-state index contributed by atoms with van der Waals surface area (Å²) in [5.41, 5.74) is 6.37. The third-order valence-corrected chi connectivity index (χ3v) is 4.00. The number of carbonyl (C=O) groups excluding carboxylic acids is 1. The standard InChI is InChI=1S/C15H18ClN5O6/c1-6(16)3-25-15(26-7(2)22)11-9(23)10(24)14(27-11)21-5-20-8-12(17)18-4-19-13(8)21/h4-5,9-11,14-15,23-24H,1,3H2,2H3,(H2,17,18,19)/t9-,10+,11-,14+,15?/m0/s1. The summed E-state index contributed by atoms with van der Waals surface area (Å²) in [4.78, 5) is 23.4. The molecule has 5 atom stereocenters. The molecule has 0 saturated carbocycles. The van der Waals surface area contributed by atoms with Gasteiger partial charge >= 0.3 is 5.97 Å². The molecule has 0 aromatic carbocycles. The first-order valence-electron chi connectivity index (χ1n) is 7.86. The molecule has 3 rings (SSSR count). The van der Waals surface area contributed by atoms with E-state index in [2.05, 4.69) is 21.5 Å². The van der Waals surface area contributed by atoms with Crippen LogP contribution in [-0.2, 0) is 19.0 Å². The molecule has 0 radical (unpaired) electrons. The molecule has 1 unspecified atom stereocenters. The molecule has 1 saturated heterocycles. The number of hydrogen-bond donors (Lipinski definition) is 3. The number of aromatic nitrogens is 4. The highest BCUT2D eigenvalue weighted by Crippen LogP contribution is 2.34. The zero-order valence-corrected chi connectivity index (χ0v) is 15.0. The van der Waals surface area contributed by atoms with E-state index in [9.17, 15) is 15.0 Å². The number of carbonyl (C=O) groups is 1. The van der Waals surface area contributed by atoms with Gasteiger partial charge in [-0.2, -0.15) is 0 Å². The molecule has 0 aliphatic carbocycles. The maximum atomic E-state index is 11.4. The van der Waals surface area contributed by atoms with E-state index in [0.29, 0.717) is 11.2 Å². The minimum atomic E-state index is -1.43. The van der Waals surface area contributed by atoms with Crippen molar-refractivity contribution in [2.24, 2.45) is 0 Å². The summed E-state index contributed by atoms with van der Waals surface area (Å²) in [7, 11) is 0. The van der Waals surface area contributed by atoms with Crippen molar-refractivity contribution in [2.75, 3.05) is 12.3 Å². The number of nitrogens with zero attached hydrogens (tertiary/aromatic N) is 4. The first-order chi connectivity index (χ1) is 12.8. The van der Waals surface area contributed by atoms with Crippen LogP contribution in [0.1, 0.15) is 13.2 Å². The number of fused-ring (bicyclic) bond motifs is 1. The fourth-order valence-electron chi connectivity index (χ4n) is 2.73. The van der Waals surface area contributed by atoms with Crippen molar-refractivity contribution < 1.29 is 29.2 Å². The molecule has 27 heavy (non-hydrogen) atoms. The quantitative estimate of drug-likeness (QED) is 0.435. The smallest absolute Gasteiger partial charge is 0.305 e. The van der Waals surface area contributed by atoms with Crippen LogP contribution in [0.4, 0.5) is 5.82 Å². The number of nitrogens with two attached hydrogens (primary N) is 1. The zero-order chi connectivity index (χ0) is 19.7. The normalized spacial score (nSPS) is 26.2. The number of ether oxygens (including phenoxy) is 3. The summed E-state index contributed by atoms with van der Waals surface area (Å²) in [5, 5.41) is 21.0. The Hall–Kier alpha value is -2.31. The summed E-state index contributed by atoms with van der Waals surface area (Å²) < 4.78 is 17.5. The van der Waals surface area contributed by atoms with Crippen molar-refractivity contribution in [3.05, 3.63) is 24.3 Å². The van der Waals surface area contributed by atoms with Crippen LogP contribution in [0.3, 0.4) is 0 Å². The van der Waals surface area contributed by atoms with E-state index in [1.807, 2.05) is 0 Å². The Morgan fingerprint density at radius 1 is 1.44 bits per heavy atom. The van der Waals surface area contributed by atoms with Crippen LogP contribution in [0.15, 0.2) is 24.3 Å². The van der Waals surface area contributed by atoms with Crippen LogP contribution in [0.2, 0.25) is 0 Å². The monoisotopic (exact) mass is 399 g/mol. The van der Waals surface area contributed by atoms with Gasteiger partial charge in [-0.1, -0.05) is 18.2 Å². The topological polar surface area (TPSA) is 155 Å². The molecule has 146 valence electrons. The van der Waals surface area contributed by atoms with E-state index in [4.69, 9.17) is 31.5 Å². The SMILES string of the molecule is C=C(Cl)COC(OC(C)=O)[C@H]1O[C@@H](n2cnc3c(N)ncnc32)[C@H](O)[C@@H]1O. The van der Waals surface area contributed by atoms with E-state index in [0.717, 1.165) is 0 Å². The van der Waals surface area contributed by atoms with E-state index in [-0.39, 0.29) is 17.5 Å². The molecular weight excluding hydrogens is 382 g/mol. The average molecular weight is 400 g/mol. The van der Waals surface area contributed by atoms with E-state index in [1.165, 1.54) is 24.1 Å². The van der Waals surface area contributed by atoms with Gasteiger partial charge in [-0.3, -0.25) is 9.36 Å². The third-order valence-electron chi connectivity index (χ3n) is 3.89. The second kappa shape index (κ2) is 7.74. The van der Waals surface area contributed by atoms with Crippen molar-refractivity contribution in [3.63, 3.8) is 0 Å². The molecule has 12 heteroatoms. The van der Waals surface area contributed by atoms with Crippen LogP contribution in [0.25, 0.3) is 11.2 Å². The van der Waals surface area contributed by atoms with Gasteiger partial charge in [0.15, 0.2) is 23.8 Å². The molecule has 0 bridgehead atoms. The first-order valence-corrected chi connectivity index (χ1v) is 8.24. The van der Waals surface area contributed by atoms with E-state index >= 15 is 0 Å². The zero-order valence-electron chi connectivity index (χ0n) is 14.2. The van der Waals surface area contributed by atoms with Gasteiger partial charge in [-0.05, 0) is 0 Å². The molecule has 1 aliphatic rings. The van der Waals surface area contributed by atoms with Crippen LogP contribution < -0.4 is 5.73 Å². The molecule has 2 aromatic heterocycles. The minimum absolute atomic E-state index is 0.148. The predicted molar refractivity (Wildman–Crippen MR) is 92.2 cm³/mol. The van der Waals surface area contributed by atoms with E-state index < -0.39 is 36.8 Å². The highest BCUT2D eigenvalue weighted by molar-refractivity contribution is 6.29. The Morgan fingerprint density at radius 2 is 2.19 bits per heavy atom. The summed E-state index contributed by atoms with van der Waals surface area (Å²) in [6.07, 6.45) is -3.82. The molecular formula is C15H18ClN5O6. The molecule has 3 heterocycles. The van der Waals surface area contributed by atoms with Crippen molar-refractivity contribution in [3.8, 4) is 0 Å². The first kappa shape index (κ1) is 19.5. The molecule has 11 nitrogen and oxygen atoms in total. The number of aliphatic hydroxyl groups is 2. The number of aliphatic hydroxyl groups excluding tert-OH is 2. The number of nitrogen functional groups attached to an aromatic ring is 1. The Labute approximate surface area is 158 Å². The second-order valence-electron chi connectivity index (χ2n) is 5.86. The van der Waals surface area contributed by atoms with Crippen LogP contribution >= 0.6 is 11.6 Å². The maximum Gasteiger partial charge on any atom is 0.305 e. The minimum Gasteiger partial charge on any atom is -0.433 e. The maximum absolute atomic E-state index is 11.4. The summed E-state index contributed by atoms with van der Waals surface area (Å²) in [6.45, 7) is 4.50. The molecule has 4 N–H and O–H groups in total. The van der Waals surface area contributed by atoms with Gasteiger partial charge in [-0.15, -0.1) is 0 Å².